The number of nitrogens with one attached hydrogen (secondary N) is 1. The molecule has 25 heavy (non-hydrogen) atoms. The molecule has 0 aliphatic rings. The van der Waals surface area contributed by atoms with E-state index in [1.807, 2.05) is 19.1 Å². The number of carbonyl (C=O) groups excluding carboxylic acids is 1. The van der Waals surface area contributed by atoms with Gasteiger partial charge in [-0.1, -0.05) is 23.4 Å². The zero-order chi connectivity index (χ0) is 17.8. The van der Waals surface area contributed by atoms with Gasteiger partial charge in [-0.3, -0.25) is 4.79 Å². The van der Waals surface area contributed by atoms with Crippen molar-refractivity contribution in [2.45, 2.75) is 24.5 Å². The molecule has 3 aromatic rings. The second kappa shape index (κ2) is 7.48. The highest BCUT2D eigenvalue weighted by atomic mass is 32.2. The number of benzene rings is 2. The topological polar surface area (TPSA) is 68.0 Å². The van der Waals surface area contributed by atoms with Gasteiger partial charge in [0, 0.05) is 10.6 Å². The van der Waals surface area contributed by atoms with Gasteiger partial charge in [-0.25, -0.2) is 4.39 Å². The van der Waals surface area contributed by atoms with Crippen molar-refractivity contribution in [3.8, 4) is 0 Å². The van der Waals surface area contributed by atoms with Gasteiger partial charge >= 0.3 is 0 Å². The predicted molar refractivity (Wildman–Crippen MR) is 94.1 cm³/mol. The fourth-order valence-corrected chi connectivity index (χ4v) is 3.12. The molecule has 0 atom stereocenters. The molecule has 0 bridgehead atoms. The summed E-state index contributed by atoms with van der Waals surface area (Å²) in [7, 11) is 0. The second-order valence-corrected chi connectivity index (χ2v) is 6.45. The van der Waals surface area contributed by atoms with Gasteiger partial charge < -0.3 is 9.84 Å². The van der Waals surface area contributed by atoms with Gasteiger partial charge in [0.15, 0.2) is 5.82 Å². The van der Waals surface area contributed by atoms with E-state index >= 15 is 0 Å². The molecule has 3 rings (SSSR count). The molecule has 0 aliphatic heterocycles. The molecular weight excluding hydrogens is 341 g/mol. The van der Waals surface area contributed by atoms with Crippen LogP contribution in [0.1, 0.15) is 27.6 Å². The van der Waals surface area contributed by atoms with Crippen LogP contribution in [0.2, 0.25) is 0 Å². The molecule has 0 aliphatic carbocycles. The number of carbonyl (C=O) groups is 1. The van der Waals surface area contributed by atoms with Crippen LogP contribution in [-0.4, -0.2) is 16.0 Å². The van der Waals surface area contributed by atoms with Crippen LogP contribution in [0, 0.1) is 19.7 Å². The maximum Gasteiger partial charge on any atom is 0.256 e. The lowest BCUT2D eigenvalue weighted by atomic mass is 10.1. The van der Waals surface area contributed by atoms with Gasteiger partial charge in [-0.2, -0.15) is 4.98 Å². The van der Waals surface area contributed by atoms with Crippen LogP contribution < -0.4 is 5.32 Å². The van der Waals surface area contributed by atoms with Gasteiger partial charge in [-0.15, -0.1) is 11.8 Å². The smallest absolute Gasteiger partial charge is 0.256 e. The minimum Gasteiger partial charge on any atom is -0.338 e. The molecule has 1 aromatic heterocycles. The standard InChI is InChI=1S/C18H16FN3O2S/c1-11-7-8-13(19)9-15(11)21-18(23)14-5-3-4-6-16(14)25-10-17-20-12(2)22-24-17/h3-9H,10H2,1-2H3,(H,21,23). The number of hydrogen-bond acceptors (Lipinski definition) is 5. The molecule has 0 spiro atoms. The SMILES string of the molecule is Cc1noc(CSc2ccccc2C(=O)Nc2cc(F)ccc2C)n1. The van der Waals surface area contributed by atoms with Gasteiger partial charge in [0.25, 0.3) is 5.91 Å². The fraction of sp³-hybridized carbons (Fsp3) is 0.167. The van der Waals surface area contributed by atoms with Gasteiger partial charge in [0.2, 0.25) is 5.89 Å². The summed E-state index contributed by atoms with van der Waals surface area (Å²) in [5.41, 5.74) is 1.76. The summed E-state index contributed by atoms with van der Waals surface area (Å²) in [6.07, 6.45) is 0. The lowest BCUT2D eigenvalue weighted by Crippen LogP contribution is -2.14. The maximum absolute atomic E-state index is 13.4. The van der Waals surface area contributed by atoms with E-state index in [1.165, 1.54) is 23.9 Å². The molecular formula is C18H16FN3O2S. The fourth-order valence-electron chi connectivity index (χ4n) is 2.24. The van der Waals surface area contributed by atoms with Crippen LogP contribution in [0.4, 0.5) is 10.1 Å². The number of nitrogens with zero attached hydrogens (tertiary/aromatic N) is 2. The number of anilines is 1. The quantitative estimate of drug-likeness (QED) is 0.687. The number of aryl methyl sites for hydroxylation is 2. The molecule has 0 unspecified atom stereocenters. The first-order valence-corrected chi connectivity index (χ1v) is 8.60. The number of halogens is 1. The van der Waals surface area contributed by atoms with Gasteiger partial charge in [-0.05, 0) is 43.7 Å². The van der Waals surface area contributed by atoms with E-state index < -0.39 is 5.82 Å². The third kappa shape index (κ3) is 4.24. The molecule has 128 valence electrons. The first-order chi connectivity index (χ1) is 12.0. The van der Waals surface area contributed by atoms with E-state index in [2.05, 4.69) is 15.5 Å². The predicted octanol–water partition coefficient (Wildman–Crippen LogP) is 4.37. The lowest BCUT2D eigenvalue weighted by molar-refractivity contribution is 0.102. The highest BCUT2D eigenvalue weighted by molar-refractivity contribution is 7.98. The summed E-state index contributed by atoms with van der Waals surface area (Å²) in [5, 5.41) is 6.51. The summed E-state index contributed by atoms with van der Waals surface area (Å²) in [4.78, 5) is 17.5. The van der Waals surface area contributed by atoms with E-state index in [4.69, 9.17) is 4.52 Å². The Hall–Kier alpha value is -2.67. The van der Waals surface area contributed by atoms with Crippen molar-refractivity contribution >= 4 is 23.4 Å². The third-order valence-corrected chi connectivity index (χ3v) is 4.56. The number of thioether (sulfide) groups is 1. The zero-order valence-corrected chi connectivity index (χ0v) is 14.6. The zero-order valence-electron chi connectivity index (χ0n) is 13.7. The highest BCUT2D eigenvalue weighted by Crippen LogP contribution is 2.27. The number of rotatable bonds is 5. The minimum atomic E-state index is -0.393. The Morgan fingerprint density at radius 1 is 1.24 bits per heavy atom. The summed E-state index contributed by atoms with van der Waals surface area (Å²) < 4.78 is 18.5. The Morgan fingerprint density at radius 3 is 2.80 bits per heavy atom. The van der Waals surface area contributed by atoms with E-state index in [0.29, 0.717) is 28.7 Å². The molecule has 1 heterocycles. The third-order valence-electron chi connectivity index (χ3n) is 3.50. The summed E-state index contributed by atoms with van der Waals surface area (Å²) in [6.45, 7) is 3.56. The van der Waals surface area contributed by atoms with E-state index in [9.17, 15) is 9.18 Å². The van der Waals surface area contributed by atoms with Crippen LogP contribution in [0.5, 0.6) is 0 Å². The average Bonchev–Trinajstić information content (AvgIpc) is 3.02. The molecule has 0 saturated carbocycles. The normalized spacial score (nSPS) is 10.7. The first kappa shape index (κ1) is 17.2. The van der Waals surface area contributed by atoms with E-state index in [-0.39, 0.29) is 5.91 Å². The second-order valence-electron chi connectivity index (χ2n) is 5.43. The Kier molecular flexibility index (Phi) is 5.14. The van der Waals surface area contributed by atoms with Crippen molar-refractivity contribution in [1.82, 2.24) is 10.1 Å². The van der Waals surface area contributed by atoms with Crippen LogP contribution in [0.3, 0.4) is 0 Å². The van der Waals surface area contributed by atoms with E-state index in [1.54, 1.807) is 25.1 Å². The van der Waals surface area contributed by atoms with Crippen LogP contribution in [0.25, 0.3) is 0 Å². The number of aromatic nitrogens is 2. The van der Waals surface area contributed by atoms with Crippen LogP contribution in [-0.2, 0) is 5.75 Å². The average molecular weight is 357 g/mol. The van der Waals surface area contributed by atoms with Gasteiger partial charge in [0.1, 0.15) is 5.82 Å². The summed E-state index contributed by atoms with van der Waals surface area (Å²) in [6, 6.07) is 11.5. The molecule has 1 N–H and O–H groups in total. The van der Waals surface area contributed by atoms with E-state index in [0.717, 1.165) is 10.5 Å². The molecule has 0 saturated heterocycles. The van der Waals surface area contributed by atoms with Crippen molar-refractivity contribution in [1.29, 1.82) is 0 Å². The minimum absolute atomic E-state index is 0.293. The molecule has 5 nitrogen and oxygen atoms in total. The highest BCUT2D eigenvalue weighted by Gasteiger charge is 2.14. The molecule has 1 amide bonds. The molecule has 7 heteroatoms. The monoisotopic (exact) mass is 357 g/mol. The Bertz CT molecular complexity index is 911. The van der Waals surface area contributed by atoms with Crippen molar-refractivity contribution in [3.63, 3.8) is 0 Å². The lowest BCUT2D eigenvalue weighted by Gasteiger charge is -2.11. The van der Waals surface area contributed by atoms with Crippen molar-refractivity contribution in [2.24, 2.45) is 0 Å². The molecule has 0 fully saturated rings. The van der Waals surface area contributed by atoms with Crippen molar-refractivity contribution in [2.75, 3.05) is 5.32 Å². The van der Waals surface area contributed by atoms with Crippen molar-refractivity contribution < 1.29 is 13.7 Å². The summed E-state index contributed by atoms with van der Waals surface area (Å²) in [5.74, 6) is 0.847. The largest absolute Gasteiger partial charge is 0.338 e. The first-order valence-electron chi connectivity index (χ1n) is 7.61. The van der Waals surface area contributed by atoms with Crippen LogP contribution >= 0.6 is 11.8 Å². The molecule has 0 radical (unpaired) electrons. The summed E-state index contributed by atoms with van der Waals surface area (Å²) >= 11 is 1.43. The Labute approximate surface area is 148 Å². The molecule has 2 aromatic carbocycles. The number of amides is 1. The Balaban J connectivity index is 1.77. The Morgan fingerprint density at radius 2 is 2.04 bits per heavy atom. The van der Waals surface area contributed by atoms with Crippen molar-refractivity contribution in [3.05, 3.63) is 71.1 Å². The van der Waals surface area contributed by atoms with Gasteiger partial charge in [0.05, 0.1) is 11.3 Å². The number of hydrogen-bond donors (Lipinski definition) is 1. The maximum atomic E-state index is 13.4. The van der Waals surface area contributed by atoms with Crippen LogP contribution in [0.15, 0.2) is 51.9 Å².